The Morgan fingerprint density at radius 2 is 1.90 bits per heavy atom. The fourth-order valence-corrected chi connectivity index (χ4v) is 3.36. The van der Waals surface area contributed by atoms with Crippen molar-refractivity contribution in [3.05, 3.63) is 71.0 Å². The van der Waals surface area contributed by atoms with Crippen LogP contribution in [0.3, 0.4) is 0 Å². The number of halogens is 1. The number of hydrogen-bond acceptors (Lipinski definition) is 5. The summed E-state index contributed by atoms with van der Waals surface area (Å²) in [7, 11) is 5.16. The molecule has 1 aliphatic rings. The number of benzene rings is 2. The van der Waals surface area contributed by atoms with Gasteiger partial charge in [0.15, 0.2) is 0 Å². The lowest BCUT2D eigenvalue weighted by Crippen LogP contribution is -2.35. The fourth-order valence-electron chi connectivity index (χ4n) is 3.36. The highest BCUT2D eigenvalue weighted by Gasteiger charge is 2.46. The molecule has 29 heavy (non-hydrogen) atoms. The predicted octanol–water partition coefficient (Wildman–Crippen LogP) is 2.82. The molecular weight excluding hydrogens is 375 g/mol. The summed E-state index contributed by atoms with van der Waals surface area (Å²) in [4.78, 5) is 28.8. The van der Waals surface area contributed by atoms with Crippen LogP contribution in [-0.2, 0) is 9.59 Å². The van der Waals surface area contributed by atoms with Crippen molar-refractivity contribution in [1.29, 1.82) is 0 Å². The van der Waals surface area contributed by atoms with Crippen LogP contribution in [0.1, 0.15) is 17.2 Å². The summed E-state index contributed by atoms with van der Waals surface area (Å²) in [6.07, 6.45) is 0. The van der Waals surface area contributed by atoms with E-state index < -0.39 is 23.5 Å². The molecule has 6 nitrogen and oxygen atoms in total. The third kappa shape index (κ3) is 4.00. The summed E-state index contributed by atoms with van der Waals surface area (Å²) in [6, 6.07) is 11.5. The molecule has 3 rings (SSSR count). The SMILES string of the molecule is COc1cccc(/C(O)=C2\C(=O)C(=O)N(CCN(C)C)[C@H]2c2ccccc2F)c1. The molecule has 0 spiro atoms. The number of ketones is 1. The maximum absolute atomic E-state index is 14.6. The molecule has 1 fully saturated rings. The lowest BCUT2D eigenvalue weighted by atomic mass is 9.95. The number of likely N-dealkylation sites (tertiary alicyclic amines) is 1. The Morgan fingerprint density at radius 3 is 2.55 bits per heavy atom. The zero-order valence-corrected chi connectivity index (χ0v) is 16.6. The number of rotatable bonds is 6. The molecule has 0 unspecified atom stereocenters. The number of Topliss-reactive ketones (excluding diaryl/α,β-unsaturated/α-hetero) is 1. The highest BCUT2D eigenvalue weighted by atomic mass is 19.1. The minimum atomic E-state index is -1.01. The third-order valence-electron chi connectivity index (χ3n) is 4.87. The quantitative estimate of drug-likeness (QED) is 0.460. The minimum absolute atomic E-state index is 0.132. The number of ether oxygens (including phenoxy) is 1. The summed E-state index contributed by atoms with van der Waals surface area (Å²) < 4.78 is 19.8. The number of amides is 1. The van der Waals surface area contributed by atoms with E-state index in [9.17, 15) is 19.1 Å². The first-order valence-corrected chi connectivity index (χ1v) is 9.17. The van der Waals surface area contributed by atoms with Crippen LogP contribution in [0.2, 0.25) is 0 Å². The Balaban J connectivity index is 2.18. The number of nitrogens with zero attached hydrogens (tertiary/aromatic N) is 2. The molecule has 0 radical (unpaired) electrons. The normalized spacial score (nSPS) is 18.5. The molecule has 7 heteroatoms. The van der Waals surface area contributed by atoms with E-state index in [0.29, 0.717) is 17.9 Å². The first kappa shape index (κ1) is 20.5. The molecule has 1 N–H and O–H groups in total. The lowest BCUT2D eigenvalue weighted by Gasteiger charge is -2.26. The smallest absolute Gasteiger partial charge is 0.295 e. The highest BCUT2D eigenvalue weighted by molar-refractivity contribution is 6.46. The van der Waals surface area contributed by atoms with Crippen molar-refractivity contribution in [3.8, 4) is 5.75 Å². The van der Waals surface area contributed by atoms with Gasteiger partial charge >= 0.3 is 0 Å². The number of likely N-dealkylation sites (N-methyl/N-ethyl adjacent to an activating group) is 1. The number of methoxy groups -OCH3 is 1. The number of carbonyl (C=O) groups excluding carboxylic acids is 2. The van der Waals surface area contributed by atoms with E-state index in [1.54, 1.807) is 30.3 Å². The number of aliphatic hydroxyl groups excluding tert-OH is 1. The van der Waals surface area contributed by atoms with E-state index in [1.807, 2.05) is 19.0 Å². The third-order valence-corrected chi connectivity index (χ3v) is 4.87. The topological polar surface area (TPSA) is 70.1 Å². The number of aliphatic hydroxyl groups is 1. The Kier molecular flexibility index (Phi) is 5.98. The Morgan fingerprint density at radius 1 is 1.17 bits per heavy atom. The minimum Gasteiger partial charge on any atom is -0.507 e. The molecule has 2 aromatic rings. The van der Waals surface area contributed by atoms with Crippen LogP contribution < -0.4 is 4.74 Å². The van der Waals surface area contributed by atoms with Gasteiger partial charge in [-0.2, -0.15) is 0 Å². The largest absolute Gasteiger partial charge is 0.507 e. The van der Waals surface area contributed by atoms with E-state index in [1.165, 1.54) is 30.2 Å². The summed E-state index contributed by atoms with van der Waals surface area (Å²) in [5, 5.41) is 10.9. The second-order valence-corrected chi connectivity index (χ2v) is 7.05. The van der Waals surface area contributed by atoms with Gasteiger partial charge in [0.25, 0.3) is 11.7 Å². The first-order chi connectivity index (χ1) is 13.8. The van der Waals surface area contributed by atoms with Crippen LogP contribution >= 0.6 is 0 Å². The molecule has 152 valence electrons. The summed E-state index contributed by atoms with van der Waals surface area (Å²) in [5.74, 6) is -2.02. The van der Waals surface area contributed by atoms with Crippen molar-refractivity contribution in [2.45, 2.75) is 6.04 Å². The van der Waals surface area contributed by atoms with Crippen molar-refractivity contribution in [2.24, 2.45) is 0 Å². The van der Waals surface area contributed by atoms with Gasteiger partial charge in [0, 0.05) is 24.2 Å². The van der Waals surface area contributed by atoms with Crippen molar-refractivity contribution < 1.29 is 23.8 Å². The van der Waals surface area contributed by atoms with Crippen molar-refractivity contribution in [1.82, 2.24) is 9.80 Å². The molecule has 1 amide bonds. The average Bonchev–Trinajstić information content (AvgIpc) is 2.96. The predicted molar refractivity (Wildman–Crippen MR) is 107 cm³/mol. The van der Waals surface area contributed by atoms with Crippen molar-refractivity contribution >= 4 is 17.4 Å². The van der Waals surface area contributed by atoms with Gasteiger partial charge in [0.05, 0.1) is 18.7 Å². The van der Waals surface area contributed by atoms with Crippen LogP contribution in [-0.4, -0.2) is 60.9 Å². The molecule has 2 aromatic carbocycles. The Bertz CT molecular complexity index is 971. The molecule has 1 atom stereocenters. The second-order valence-electron chi connectivity index (χ2n) is 7.05. The first-order valence-electron chi connectivity index (χ1n) is 9.17. The Labute approximate surface area is 168 Å². The van der Waals surface area contributed by atoms with E-state index >= 15 is 0 Å². The van der Waals surface area contributed by atoms with Crippen LogP contribution in [0.25, 0.3) is 5.76 Å². The average molecular weight is 398 g/mol. The number of hydrogen-bond donors (Lipinski definition) is 1. The molecule has 0 bridgehead atoms. The molecule has 0 aromatic heterocycles. The summed E-state index contributed by atoms with van der Waals surface area (Å²) in [5.41, 5.74) is 0.346. The van der Waals surface area contributed by atoms with Crippen molar-refractivity contribution in [3.63, 3.8) is 0 Å². The molecule has 1 aliphatic heterocycles. The van der Waals surface area contributed by atoms with E-state index in [4.69, 9.17) is 4.74 Å². The van der Waals surface area contributed by atoms with Crippen LogP contribution in [0, 0.1) is 5.82 Å². The van der Waals surface area contributed by atoms with Gasteiger partial charge in [-0.1, -0.05) is 30.3 Å². The molecule has 1 heterocycles. The standard InChI is InChI=1S/C22H23FN2O4/c1-24(2)11-12-25-19(16-9-4-5-10-17(16)23)18(21(27)22(25)28)20(26)14-7-6-8-15(13-14)29-3/h4-10,13,19,26H,11-12H2,1-3H3/b20-18+/t19-/m0/s1. The molecule has 1 saturated heterocycles. The van der Waals surface area contributed by atoms with Gasteiger partial charge in [-0.15, -0.1) is 0 Å². The van der Waals surface area contributed by atoms with E-state index in [-0.39, 0.29) is 23.4 Å². The molecule has 0 saturated carbocycles. The van der Waals surface area contributed by atoms with Gasteiger partial charge in [0.2, 0.25) is 0 Å². The zero-order valence-electron chi connectivity index (χ0n) is 16.6. The highest BCUT2D eigenvalue weighted by Crippen LogP contribution is 2.40. The lowest BCUT2D eigenvalue weighted by molar-refractivity contribution is -0.140. The van der Waals surface area contributed by atoms with Crippen LogP contribution in [0.5, 0.6) is 5.75 Å². The van der Waals surface area contributed by atoms with Crippen molar-refractivity contribution in [2.75, 3.05) is 34.3 Å². The summed E-state index contributed by atoms with van der Waals surface area (Å²) >= 11 is 0. The molecular formula is C22H23FN2O4. The zero-order chi connectivity index (χ0) is 21.1. The van der Waals surface area contributed by atoms with E-state index in [2.05, 4.69) is 0 Å². The van der Waals surface area contributed by atoms with Crippen LogP contribution in [0.15, 0.2) is 54.1 Å². The fraction of sp³-hybridized carbons (Fsp3) is 0.273. The maximum atomic E-state index is 14.6. The monoisotopic (exact) mass is 398 g/mol. The van der Waals surface area contributed by atoms with Gasteiger partial charge in [-0.3, -0.25) is 9.59 Å². The summed E-state index contributed by atoms with van der Waals surface area (Å²) in [6.45, 7) is 0.697. The Hall–Kier alpha value is -3.19. The van der Waals surface area contributed by atoms with Gasteiger partial charge < -0.3 is 19.6 Å². The van der Waals surface area contributed by atoms with E-state index in [0.717, 1.165) is 0 Å². The van der Waals surface area contributed by atoms with Crippen LogP contribution in [0.4, 0.5) is 4.39 Å². The van der Waals surface area contributed by atoms with Gasteiger partial charge in [-0.25, -0.2) is 4.39 Å². The second kappa shape index (κ2) is 8.45. The maximum Gasteiger partial charge on any atom is 0.295 e. The van der Waals surface area contributed by atoms with Gasteiger partial charge in [0.1, 0.15) is 17.3 Å². The van der Waals surface area contributed by atoms with Gasteiger partial charge in [-0.05, 0) is 32.3 Å². The molecule has 0 aliphatic carbocycles. The number of carbonyl (C=O) groups is 2.